The van der Waals surface area contributed by atoms with Crippen LogP contribution in [0, 0.1) is 11.8 Å². The van der Waals surface area contributed by atoms with Crippen molar-refractivity contribution >= 4 is 28.1 Å². The molecule has 51 heavy (non-hydrogen) atoms. The molecule has 3 N–H and O–H groups in total. The number of ether oxygens (including phenoxy) is 2. The number of likely N-dealkylation sites (tertiary alicyclic amines) is 1. The van der Waals surface area contributed by atoms with Crippen LogP contribution >= 0.6 is 0 Å². The van der Waals surface area contributed by atoms with Crippen molar-refractivity contribution in [2.24, 2.45) is 16.8 Å². The second-order valence-corrected chi connectivity index (χ2v) is 15.3. The number of carbonyl (C=O) groups is 1. The zero-order valence-corrected chi connectivity index (χ0v) is 30.2. The number of aliphatic imine (C=N–C) groups is 1. The maximum absolute atomic E-state index is 14.0. The zero-order valence-electron chi connectivity index (χ0n) is 30.2. The topological polar surface area (TPSA) is 112 Å². The van der Waals surface area contributed by atoms with Crippen LogP contribution in [0.15, 0.2) is 66.1 Å². The maximum atomic E-state index is 14.0. The van der Waals surface area contributed by atoms with Gasteiger partial charge < -0.3 is 29.8 Å². The standard InChI is InChI=1S/C42H49N5O4/c1-23(2)40(44-25(4)50-5)42(49)47-24(3)6-13-38(47)36-19-33-32-20-39-34(18-27(32)10-12-35(33)45-36)31-11-9-28(17-30(31)22-51-39)37-21-43-41(46-37)29-8-7-26(16-29)14-15-48/h9-12,17-18,20-21,23-24,26,29,38,40,44,48H,4,6-8,13-16,19,22H2,1-3,5H3,(H,43,46)/t24-,26-,29-,38-,40-/m0/s1. The van der Waals surface area contributed by atoms with Crippen molar-refractivity contribution in [1.29, 1.82) is 0 Å². The van der Waals surface area contributed by atoms with Crippen LogP contribution in [0.4, 0.5) is 5.69 Å². The minimum atomic E-state index is -0.423. The molecule has 9 nitrogen and oxygen atoms in total. The zero-order chi connectivity index (χ0) is 35.4. The minimum Gasteiger partial charge on any atom is -0.488 e. The molecule has 0 unspecified atom stereocenters. The number of imidazole rings is 1. The lowest BCUT2D eigenvalue weighted by atomic mass is 9.90. The van der Waals surface area contributed by atoms with E-state index >= 15 is 0 Å². The van der Waals surface area contributed by atoms with E-state index in [1.54, 1.807) is 7.11 Å². The predicted molar refractivity (Wildman–Crippen MR) is 201 cm³/mol. The van der Waals surface area contributed by atoms with E-state index < -0.39 is 6.04 Å². The first kappa shape index (κ1) is 33.5. The van der Waals surface area contributed by atoms with Crippen LogP contribution in [0.3, 0.4) is 0 Å². The van der Waals surface area contributed by atoms with Crippen LogP contribution in [0.2, 0.25) is 0 Å². The van der Waals surface area contributed by atoms with Crippen LogP contribution in [0.1, 0.15) is 82.2 Å². The van der Waals surface area contributed by atoms with Gasteiger partial charge in [0.1, 0.15) is 24.2 Å². The molecule has 3 aliphatic heterocycles. The highest BCUT2D eigenvalue weighted by atomic mass is 16.5. The van der Waals surface area contributed by atoms with E-state index in [-0.39, 0.29) is 30.5 Å². The molecule has 0 radical (unpaired) electrons. The summed E-state index contributed by atoms with van der Waals surface area (Å²) in [7, 11) is 1.56. The van der Waals surface area contributed by atoms with E-state index in [2.05, 4.69) is 71.2 Å². The summed E-state index contributed by atoms with van der Waals surface area (Å²) >= 11 is 0. The summed E-state index contributed by atoms with van der Waals surface area (Å²) in [6.45, 7) is 10.9. The monoisotopic (exact) mass is 687 g/mol. The molecular formula is C42H49N5O4. The highest BCUT2D eigenvalue weighted by Gasteiger charge is 2.42. The number of benzene rings is 3. The molecule has 1 aliphatic carbocycles. The van der Waals surface area contributed by atoms with Crippen molar-refractivity contribution < 1.29 is 19.4 Å². The van der Waals surface area contributed by atoms with Crippen LogP contribution < -0.4 is 10.1 Å². The van der Waals surface area contributed by atoms with Crippen molar-refractivity contribution in [3.8, 4) is 28.1 Å². The lowest BCUT2D eigenvalue weighted by molar-refractivity contribution is -0.136. The highest BCUT2D eigenvalue weighted by molar-refractivity contribution is 6.06. The first-order valence-electron chi connectivity index (χ1n) is 18.6. The third-order valence-corrected chi connectivity index (χ3v) is 11.8. The summed E-state index contributed by atoms with van der Waals surface area (Å²) in [5.41, 5.74) is 8.84. The molecule has 1 amide bonds. The molecule has 2 fully saturated rings. The molecule has 5 atom stereocenters. The number of hydrogen-bond acceptors (Lipinski definition) is 7. The summed E-state index contributed by atoms with van der Waals surface area (Å²) in [4.78, 5) is 29.6. The van der Waals surface area contributed by atoms with Gasteiger partial charge in [-0.1, -0.05) is 32.0 Å². The molecule has 8 rings (SSSR count). The Labute approximate surface area is 300 Å². The van der Waals surface area contributed by atoms with E-state index in [4.69, 9.17) is 19.5 Å². The van der Waals surface area contributed by atoms with Crippen molar-refractivity contribution in [3.05, 3.63) is 78.1 Å². The average Bonchev–Trinajstić information content (AvgIpc) is 3.95. The smallest absolute Gasteiger partial charge is 0.246 e. The van der Waals surface area contributed by atoms with E-state index in [1.165, 1.54) is 11.1 Å². The molecule has 4 aliphatic rings. The van der Waals surface area contributed by atoms with Crippen LogP contribution in [0.25, 0.3) is 33.2 Å². The quantitative estimate of drug-likeness (QED) is 0.147. The number of rotatable bonds is 10. The Hall–Kier alpha value is -4.63. The number of nitrogens with zero attached hydrogens (tertiary/aromatic N) is 3. The van der Waals surface area contributed by atoms with Crippen molar-refractivity contribution in [3.63, 3.8) is 0 Å². The number of aliphatic hydroxyl groups is 1. The second kappa shape index (κ2) is 13.5. The molecule has 4 heterocycles. The number of methoxy groups -OCH3 is 1. The van der Waals surface area contributed by atoms with Crippen LogP contribution in [0.5, 0.6) is 5.75 Å². The summed E-state index contributed by atoms with van der Waals surface area (Å²) in [5, 5.41) is 14.9. The van der Waals surface area contributed by atoms with E-state index in [0.717, 1.165) is 94.7 Å². The second-order valence-electron chi connectivity index (χ2n) is 15.3. The Kier molecular flexibility index (Phi) is 8.86. The van der Waals surface area contributed by atoms with Gasteiger partial charge in [0.2, 0.25) is 5.91 Å². The number of nitrogens with one attached hydrogen (secondary N) is 2. The van der Waals surface area contributed by atoms with Gasteiger partial charge in [-0.15, -0.1) is 0 Å². The molecule has 9 heteroatoms. The Bertz CT molecular complexity index is 2030. The minimum absolute atomic E-state index is 0.0453. The van der Waals surface area contributed by atoms with Crippen molar-refractivity contribution in [1.82, 2.24) is 20.2 Å². The van der Waals surface area contributed by atoms with E-state index in [0.29, 0.717) is 30.7 Å². The molecule has 0 bridgehead atoms. The number of amides is 1. The Morgan fingerprint density at radius 3 is 2.80 bits per heavy atom. The molecule has 1 saturated heterocycles. The lowest BCUT2D eigenvalue weighted by Gasteiger charge is -2.34. The summed E-state index contributed by atoms with van der Waals surface area (Å²) in [5.74, 6) is 3.51. The Morgan fingerprint density at radius 1 is 1.14 bits per heavy atom. The van der Waals surface area contributed by atoms with Gasteiger partial charge in [0, 0.05) is 36.3 Å². The van der Waals surface area contributed by atoms with Gasteiger partial charge in [-0.05, 0) is 121 Å². The average molecular weight is 688 g/mol. The first-order chi connectivity index (χ1) is 24.7. The van der Waals surface area contributed by atoms with Crippen molar-refractivity contribution in [2.45, 2.75) is 96.4 Å². The van der Waals surface area contributed by atoms with Gasteiger partial charge >= 0.3 is 0 Å². The fourth-order valence-electron chi connectivity index (χ4n) is 8.94. The molecule has 4 aromatic rings. The lowest BCUT2D eigenvalue weighted by Crippen LogP contribution is -2.54. The summed E-state index contributed by atoms with van der Waals surface area (Å²) in [6.07, 6.45) is 8.77. The summed E-state index contributed by atoms with van der Waals surface area (Å²) in [6, 6.07) is 15.0. The summed E-state index contributed by atoms with van der Waals surface area (Å²) < 4.78 is 11.7. The van der Waals surface area contributed by atoms with E-state index in [1.807, 2.05) is 20.0 Å². The Morgan fingerprint density at radius 2 is 2.00 bits per heavy atom. The van der Waals surface area contributed by atoms with Gasteiger partial charge in [-0.3, -0.25) is 9.79 Å². The number of fused-ring (bicyclic) bond motifs is 6. The normalized spacial score (nSPS) is 22.7. The molecule has 1 saturated carbocycles. The molecule has 1 aromatic heterocycles. The number of carbonyl (C=O) groups excluding carboxylic acids is 1. The fraction of sp³-hybridized carbons (Fsp3) is 0.452. The molecule has 0 spiro atoms. The van der Waals surface area contributed by atoms with Crippen LogP contribution in [-0.4, -0.2) is 63.4 Å². The maximum Gasteiger partial charge on any atom is 0.246 e. The predicted octanol–water partition coefficient (Wildman–Crippen LogP) is 7.80. The number of aliphatic hydroxyl groups excluding tert-OH is 1. The molecule has 3 aromatic carbocycles. The first-order valence-corrected chi connectivity index (χ1v) is 18.6. The van der Waals surface area contributed by atoms with E-state index in [9.17, 15) is 9.90 Å². The van der Waals surface area contributed by atoms with Crippen LogP contribution in [-0.2, 0) is 22.6 Å². The number of H-pyrrole nitrogens is 1. The largest absolute Gasteiger partial charge is 0.488 e. The van der Waals surface area contributed by atoms with Gasteiger partial charge in [0.25, 0.3) is 0 Å². The molecule has 266 valence electrons. The number of aromatic amines is 1. The van der Waals surface area contributed by atoms with Gasteiger partial charge in [0.15, 0.2) is 5.88 Å². The van der Waals surface area contributed by atoms with Crippen molar-refractivity contribution in [2.75, 3.05) is 13.7 Å². The number of aromatic nitrogens is 2. The third-order valence-electron chi connectivity index (χ3n) is 11.8. The van der Waals surface area contributed by atoms with Gasteiger partial charge in [-0.25, -0.2) is 4.98 Å². The third kappa shape index (κ3) is 6.09. The SMILES string of the molecule is C=C(N[C@H](C(=O)N1[C@@H](C)CC[C@H]1C1=Nc2ccc3cc4c(cc3c2C1)OCc1cc(-c2cnc([C@H]3CC[C@@H](CCO)C3)[nH]2)ccc1-4)C(C)C)OC. The number of hydrogen-bond donors (Lipinski definition) is 3. The molecular weight excluding hydrogens is 638 g/mol. The fourth-order valence-corrected chi connectivity index (χ4v) is 8.94. The highest BCUT2D eigenvalue weighted by Crippen LogP contribution is 2.45. The Balaban J connectivity index is 1.03. The van der Waals surface area contributed by atoms with Gasteiger partial charge in [0.05, 0.1) is 30.7 Å². The van der Waals surface area contributed by atoms with Gasteiger partial charge in [-0.2, -0.15) is 0 Å².